The van der Waals surface area contributed by atoms with Crippen molar-refractivity contribution < 1.29 is 9.53 Å². The van der Waals surface area contributed by atoms with Crippen LogP contribution in [0.15, 0.2) is 42.5 Å². The van der Waals surface area contributed by atoms with E-state index in [1.165, 1.54) is 0 Å². The van der Waals surface area contributed by atoms with Gasteiger partial charge in [0.2, 0.25) is 0 Å². The van der Waals surface area contributed by atoms with E-state index in [2.05, 4.69) is 0 Å². The lowest BCUT2D eigenvalue weighted by atomic mass is 10.1. The fourth-order valence-electron chi connectivity index (χ4n) is 2.39. The molecule has 2 aromatic carbocycles. The minimum absolute atomic E-state index is 0.178. The minimum atomic E-state index is -0.675. The Morgan fingerprint density at radius 3 is 2.36 bits per heavy atom. The number of hydrogen-bond donors (Lipinski definition) is 0. The average molecular weight is 377 g/mol. The first-order chi connectivity index (χ1) is 11.8. The van der Waals surface area contributed by atoms with Crippen LogP contribution < -0.4 is 4.74 Å². The predicted molar refractivity (Wildman–Crippen MR) is 98.9 cm³/mol. The standard InChI is InChI=1S/C19H18Cl2N2O2/c1-12(17-9-6-15(20)10-18(17)21)23(3)19(24)13(2)25-16-7-4-14(11-22)5-8-16/h4-10,12-13H,1-3H3. The lowest BCUT2D eigenvalue weighted by Crippen LogP contribution is -2.39. The van der Waals surface area contributed by atoms with Crippen LogP contribution in [0.2, 0.25) is 10.0 Å². The Bertz CT molecular complexity index is 800. The first kappa shape index (κ1) is 19.1. The lowest BCUT2D eigenvalue weighted by molar-refractivity contribution is -0.138. The second-order valence-corrected chi connectivity index (χ2v) is 6.53. The normalized spacial score (nSPS) is 12.8. The van der Waals surface area contributed by atoms with Gasteiger partial charge in [0.15, 0.2) is 6.10 Å². The van der Waals surface area contributed by atoms with Crippen LogP contribution in [0.3, 0.4) is 0 Å². The van der Waals surface area contributed by atoms with Crippen LogP contribution >= 0.6 is 23.2 Å². The van der Waals surface area contributed by atoms with Gasteiger partial charge in [0.05, 0.1) is 17.7 Å². The molecule has 130 valence electrons. The van der Waals surface area contributed by atoms with E-state index in [9.17, 15) is 4.79 Å². The van der Waals surface area contributed by atoms with Gasteiger partial charge >= 0.3 is 0 Å². The molecule has 0 heterocycles. The van der Waals surface area contributed by atoms with Crippen LogP contribution in [0.4, 0.5) is 0 Å². The molecule has 0 aliphatic heterocycles. The van der Waals surface area contributed by atoms with E-state index < -0.39 is 6.10 Å². The zero-order chi connectivity index (χ0) is 18.6. The van der Waals surface area contributed by atoms with Gasteiger partial charge in [-0.3, -0.25) is 4.79 Å². The van der Waals surface area contributed by atoms with E-state index in [0.29, 0.717) is 21.4 Å². The van der Waals surface area contributed by atoms with Gasteiger partial charge in [0, 0.05) is 17.1 Å². The largest absolute Gasteiger partial charge is 0.481 e. The molecule has 2 unspecified atom stereocenters. The van der Waals surface area contributed by atoms with E-state index in [1.807, 2.05) is 19.1 Å². The Morgan fingerprint density at radius 2 is 1.80 bits per heavy atom. The summed E-state index contributed by atoms with van der Waals surface area (Å²) >= 11 is 12.2. The van der Waals surface area contributed by atoms with Gasteiger partial charge < -0.3 is 9.64 Å². The van der Waals surface area contributed by atoms with Crippen LogP contribution in [-0.2, 0) is 4.79 Å². The molecule has 0 spiro atoms. The predicted octanol–water partition coefficient (Wildman–Crippen LogP) is 4.85. The maximum atomic E-state index is 12.6. The highest BCUT2D eigenvalue weighted by Gasteiger charge is 2.25. The summed E-state index contributed by atoms with van der Waals surface area (Å²) in [5, 5.41) is 9.87. The fraction of sp³-hybridized carbons (Fsp3) is 0.263. The number of carbonyl (C=O) groups is 1. The van der Waals surface area contributed by atoms with E-state index >= 15 is 0 Å². The Labute approximate surface area is 157 Å². The molecule has 0 saturated carbocycles. The summed E-state index contributed by atoms with van der Waals surface area (Å²) in [7, 11) is 1.70. The molecule has 6 heteroatoms. The molecule has 0 aromatic heterocycles. The Kier molecular flexibility index (Phi) is 6.30. The molecule has 2 rings (SSSR count). The number of rotatable bonds is 5. The Morgan fingerprint density at radius 1 is 1.16 bits per heavy atom. The van der Waals surface area contributed by atoms with E-state index in [1.54, 1.807) is 55.3 Å². The fourth-order valence-corrected chi connectivity index (χ4v) is 2.96. The van der Waals surface area contributed by atoms with Crippen LogP contribution in [-0.4, -0.2) is 24.0 Å². The summed E-state index contributed by atoms with van der Waals surface area (Å²) in [5.41, 5.74) is 1.35. The third-order valence-electron chi connectivity index (χ3n) is 3.99. The van der Waals surface area contributed by atoms with Crippen molar-refractivity contribution in [2.24, 2.45) is 0 Å². The molecule has 0 saturated heterocycles. The number of nitrogens with zero attached hydrogens (tertiary/aromatic N) is 2. The molecule has 2 aromatic rings. The van der Waals surface area contributed by atoms with Crippen molar-refractivity contribution in [2.45, 2.75) is 26.0 Å². The molecular formula is C19H18Cl2N2O2. The number of hydrogen-bond acceptors (Lipinski definition) is 3. The van der Waals surface area contributed by atoms with Gasteiger partial charge in [-0.15, -0.1) is 0 Å². The molecule has 0 fully saturated rings. The second-order valence-electron chi connectivity index (χ2n) is 5.69. The number of amides is 1. The van der Waals surface area contributed by atoms with Gasteiger partial charge in [-0.2, -0.15) is 5.26 Å². The molecule has 0 N–H and O–H groups in total. The minimum Gasteiger partial charge on any atom is -0.481 e. The second kappa shape index (κ2) is 8.24. The van der Waals surface area contributed by atoms with Gasteiger partial charge in [-0.25, -0.2) is 0 Å². The quantitative estimate of drug-likeness (QED) is 0.748. The van der Waals surface area contributed by atoms with Gasteiger partial charge in [0.25, 0.3) is 5.91 Å². The number of likely N-dealkylation sites (N-methyl/N-ethyl adjacent to an activating group) is 1. The molecule has 4 nitrogen and oxygen atoms in total. The van der Waals surface area contributed by atoms with Crippen LogP contribution in [0.25, 0.3) is 0 Å². The topological polar surface area (TPSA) is 53.3 Å². The Hall–Kier alpha value is -2.22. The smallest absolute Gasteiger partial charge is 0.263 e. The van der Waals surface area contributed by atoms with Crippen molar-refractivity contribution in [1.82, 2.24) is 4.90 Å². The molecule has 0 bridgehead atoms. The van der Waals surface area contributed by atoms with E-state index in [4.69, 9.17) is 33.2 Å². The highest BCUT2D eigenvalue weighted by molar-refractivity contribution is 6.35. The molecule has 25 heavy (non-hydrogen) atoms. The number of carbonyl (C=O) groups excluding carboxylic acids is 1. The van der Waals surface area contributed by atoms with Crippen molar-refractivity contribution in [1.29, 1.82) is 5.26 Å². The van der Waals surface area contributed by atoms with Gasteiger partial charge in [0.1, 0.15) is 5.75 Å². The van der Waals surface area contributed by atoms with Crippen molar-refractivity contribution in [3.8, 4) is 11.8 Å². The molecule has 0 aliphatic rings. The summed E-state index contributed by atoms with van der Waals surface area (Å²) in [6, 6.07) is 13.6. The first-order valence-corrected chi connectivity index (χ1v) is 8.47. The number of nitriles is 1. The SMILES string of the molecule is CC(Oc1ccc(C#N)cc1)C(=O)N(C)C(C)c1ccc(Cl)cc1Cl. The van der Waals surface area contributed by atoms with Gasteiger partial charge in [-0.1, -0.05) is 29.3 Å². The Balaban J connectivity index is 2.08. The van der Waals surface area contributed by atoms with E-state index in [-0.39, 0.29) is 11.9 Å². The summed E-state index contributed by atoms with van der Waals surface area (Å²) < 4.78 is 5.68. The molecule has 0 radical (unpaired) electrons. The third-order valence-corrected chi connectivity index (χ3v) is 4.55. The first-order valence-electron chi connectivity index (χ1n) is 7.72. The zero-order valence-electron chi connectivity index (χ0n) is 14.2. The van der Waals surface area contributed by atoms with Crippen molar-refractivity contribution >= 4 is 29.1 Å². The molecule has 2 atom stereocenters. The summed E-state index contributed by atoms with van der Waals surface area (Å²) in [6.45, 7) is 3.58. The number of halogens is 2. The molecule has 1 amide bonds. The zero-order valence-corrected chi connectivity index (χ0v) is 15.7. The highest BCUT2D eigenvalue weighted by Crippen LogP contribution is 2.29. The summed E-state index contributed by atoms with van der Waals surface area (Å²) in [4.78, 5) is 14.2. The maximum absolute atomic E-state index is 12.6. The molecule has 0 aliphatic carbocycles. The van der Waals surface area contributed by atoms with Crippen molar-refractivity contribution in [3.63, 3.8) is 0 Å². The van der Waals surface area contributed by atoms with E-state index in [0.717, 1.165) is 5.56 Å². The molecular weight excluding hydrogens is 359 g/mol. The van der Waals surface area contributed by atoms with Gasteiger partial charge in [-0.05, 0) is 55.8 Å². The highest BCUT2D eigenvalue weighted by atomic mass is 35.5. The summed E-state index contributed by atoms with van der Waals surface area (Å²) in [6.07, 6.45) is -0.675. The summed E-state index contributed by atoms with van der Waals surface area (Å²) in [5.74, 6) is 0.355. The van der Waals surface area contributed by atoms with Crippen LogP contribution in [0.5, 0.6) is 5.75 Å². The number of ether oxygens (including phenoxy) is 1. The monoisotopic (exact) mass is 376 g/mol. The van der Waals surface area contributed by atoms with Crippen molar-refractivity contribution in [2.75, 3.05) is 7.05 Å². The average Bonchev–Trinajstić information content (AvgIpc) is 2.60. The van der Waals surface area contributed by atoms with Crippen LogP contribution in [0.1, 0.15) is 31.0 Å². The third kappa shape index (κ3) is 4.66. The maximum Gasteiger partial charge on any atom is 0.263 e. The van der Waals surface area contributed by atoms with Crippen LogP contribution in [0, 0.1) is 11.3 Å². The lowest BCUT2D eigenvalue weighted by Gasteiger charge is -2.28. The number of benzene rings is 2. The van der Waals surface area contributed by atoms with Crippen molar-refractivity contribution in [3.05, 3.63) is 63.6 Å².